The Morgan fingerprint density at radius 2 is 1.12 bits per heavy atom. The van der Waals surface area contributed by atoms with E-state index in [1.807, 2.05) is 0 Å². The summed E-state index contributed by atoms with van der Waals surface area (Å²) in [5.74, 6) is 0. The topological polar surface area (TPSA) is 6.48 Å². The Morgan fingerprint density at radius 3 is 1.56 bits per heavy atom. The van der Waals surface area contributed by atoms with Crippen molar-refractivity contribution in [2.24, 2.45) is 0 Å². The van der Waals surface area contributed by atoms with Crippen LogP contribution in [0.15, 0.2) is 24.3 Å². The molecule has 3 rings (SSSR count). The van der Waals surface area contributed by atoms with E-state index in [-0.39, 0.29) is 0 Å². The summed E-state index contributed by atoms with van der Waals surface area (Å²) >= 11 is 0. The van der Waals surface area contributed by atoms with Crippen LogP contribution < -0.4 is 9.80 Å². The minimum absolute atomic E-state index is 1.24. The molecule has 0 spiro atoms. The fourth-order valence-electron chi connectivity index (χ4n) is 2.84. The largest absolute Gasteiger partial charge is 0.371 e. The Kier molecular flexibility index (Phi) is 2.73. The van der Waals surface area contributed by atoms with Gasteiger partial charge < -0.3 is 9.80 Å². The molecule has 0 aliphatic carbocycles. The van der Waals surface area contributed by atoms with E-state index in [4.69, 9.17) is 0 Å². The zero-order chi connectivity index (χ0) is 10.8. The molecule has 2 fully saturated rings. The molecule has 0 amide bonds. The second-order valence-electron chi connectivity index (χ2n) is 4.91. The van der Waals surface area contributed by atoms with Crippen LogP contribution in [0.25, 0.3) is 0 Å². The molecule has 1 aromatic rings. The fraction of sp³-hybridized carbons (Fsp3) is 0.571. The van der Waals surface area contributed by atoms with Gasteiger partial charge in [-0.25, -0.2) is 0 Å². The van der Waals surface area contributed by atoms with Crippen molar-refractivity contribution in [3.8, 4) is 0 Å². The van der Waals surface area contributed by atoms with Gasteiger partial charge in [0.25, 0.3) is 0 Å². The number of rotatable bonds is 2. The van der Waals surface area contributed by atoms with E-state index < -0.39 is 0 Å². The predicted octanol–water partition coefficient (Wildman–Crippen LogP) is 2.89. The van der Waals surface area contributed by atoms with E-state index in [9.17, 15) is 0 Å². The molecule has 0 atom stereocenters. The molecule has 2 nitrogen and oxygen atoms in total. The zero-order valence-electron chi connectivity index (χ0n) is 9.86. The summed E-state index contributed by atoms with van der Waals surface area (Å²) in [6.07, 6.45) is 5.42. The van der Waals surface area contributed by atoms with Crippen molar-refractivity contribution in [3.63, 3.8) is 0 Å². The molecule has 1 aromatic carbocycles. The second-order valence-corrected chi connectivity index (χ2v) is 4.91. The van der Waals surface area contributed by atoms with Crippen molar-refractivity contribution in [3.05, 3.63) is 24.3 Å². The predicted molar refractivity (Wildman–Crippen MR) is 69.3 cm³/mol. The highest BCUT2D eigenvalue weighted by Gasteiger charge is 2.15. The summed E-state index contributed by atoms with van der Waals surface area (Å²) in [6.45, 7) is 4.96. The van der Waals surface area contributed by atoms with Crippen molar-refractivity contribution in [2.45, 2.75) is 25.7 Å². The van der Waals surface area contributed by atoms with Gasteiger partial charge in [0, 0.05) is 37.6 Å². The molecule has 86 valence electrons. The molecule has 0 N–H and O–H groups in total. The van der Waals surface area contributed by atoms with Gasteiger partial charge >= 0.3 is 0 Å². The van der Waals surface area contributed by atoms with Gasteiger partial charge in [-0.1, -0.05) is 6.07 Å². The minimum atomic E-state index is 1.24. The van der Waals surface area contributed by atoms with Gasteiger partial charge in [0.05, 0.1) is 0 Å². The Morgan fingerprint density at radius 1 is 0.688 bits per heavy atom. The zero-order valence-corrected chi connectivity index (χ0v) is 9.86. The molecule has 16 heavy (non-hydrogen) atoms. The van der Waals surface area contributed by atoms with E-state index in [0.29, 0.717) is 0 Å². The number of nitrogens with zero attached hydrogens (tertiary/aromatic N) is 2. The van der Waals surface area contributed by atoms with Gasteiger partial charge in [-0.3, -0.25) is 0 Å². The van der Waals surface area contributed by atoms with E-state index >= 15 is 0 Å². The lowest BCUT2D eigenvalue weighted by Crippen LogP contribution is -2.20. The summed E-state index contributed by atoms with van der Waals surface area (Å²) in [5, 5.41) is 0. The van der Waals surface area contributed by atoms with Crippen molar-refractivity contribution < 1.29 is 0 Å². The highest BCUT2D eigenvalue weighted by atomic mass is 15.2. The molecule has 2 saturated heterocycles. The highest BCUT2D eigenvalue weighted by Crippen LogP contribution is 2.27. The second kappa shape index (κ2) is 4.36. The standard InChI is InChI=1S/C14H20N2/c1-2-9-15(8-1)13-6-5-7-14(12-13)16-10-3-4-11-16/h5-7,12H,1-4,8-11H2. The third kappa shape index (κ3) is 1.89. The fourth-order valence-corrected chi connectivity index (χ4v) is 2.84. The summed E-state index contributed by atoms with van der Waals surface area (Å²) in [5.41, 5.74) is 2.84. The summed E-state index contributed by atoms with van der Waals surface area (Å²) in [7, 11) is 0. The quantitative estimate of drug-likeness (QED) is 0.750. The first-order valence-corrected chi connectivity index (χ1v) is 6.53. The lowest BCUT2D eigenvalue weighted by Gasteiger charge is -2.22. The van der Waals surface area contributed by atoms with Gasteiger partial charge in [0.15, 0.2) is 0 Å². The molecule has 2 aliphatic rings. The van der Waals surface area contributed by atoms with Crippen LogP contribution in [0.2, 0.25) is 0 Å². The van der Waals surface area contributed by atoms with Crippen molar-refractivity contribution in [1.29, 1.82) is 0 Å². The van der Waals surface area contributed by atoms with Crippen LogP contribution in [0.3, 0.4) is 0 Å². The first kappa shape index (κ1) is 10.0. The maximum absolute atomic E-state index is 2.51. The Bertz CT molecular complexity index is 318. The molecule has 0 bridgehead atoms. The first-order valence-electron chi connectivity index (χ1n) is 6.53. The van der Waals surface area contributed by atoms with E-state index in [0.717, 1.165) is 0 Å². The Balaban J connectivity index is 1.81. The summed E-state index contributed by atoms with van der Waals surface area (Å²) < 4.78 is 0. The highest BCUT2D eigenvalue weighted by molar-refractivity contribution is 5.60. The summed E-state index contributed by atoms with van der Waals surface area (Å²) in [6, 6.07) is 9.09. The maximum Gasteiger partial charge on any atom is 0.0386 e. The molecular formula is C14H20N2. The van der Waals surface area contributed by atoms with Gasteiger partial charge in [0.2, 0.25) is 0 Å². The number of hydrogen-bond donors (Lipinski definition) is 0. The number of hydrogen-bond acceptors (Lipinski definition) is 2. The normalized spacial score (nSPS) is 20.8. The van der Waals surface area contributed by atoms with E-state index in [1.54, 1.807) is 0 Å². The average Bonchev–Trinajstić information content (AvgIpc) is 3.03. The van der Waals surface area contributed by atoms with Crippen LogP contribution in [-0.4, -0.2) is 26.2 Å². The first-order chi connectivity index (χ1) is 7.93. The number of anilines is 2. The molecule has 0 aromatic heterocycles. The van der Waals surface area contributed by atoms with Crippen molar-refractivity contribution in [2.75, 3.05) is 36.0 Å². The molecule has 2 heterocycles. The van der Waals surface area contributed by atoms with Crippen LogP contribution in [0, 0.1) is 0 Å². The average molecular weight is 216 g/mol. The van der Waals surface area contributed by atoms with Crippen LogP contribution in [0.5, 0.6) is 0 Å². The van der Waals surface area contributed by atoms with Crippen LogP contribution in [0.1, 0.15) is 25.7 Å². The smallest absolute Gasteiger partial charge is 0.0386 e. The minimum Gasteiger partial charge on any atom is -0.371 e. The van der Waals surface area contributed by atoms with Crippen molar-refractivity contribution in [1.82, 2.24) is 0 Å². The Labute approximate surface area is 97.9 Å². The molecular weight excluding hydrogens is 196 g/mol. The van der Waals surface area contributed by atoms with Gasteiger partial charge in [-0.2, -0.15) is 0 Å². The van der Waals surface area contributed by atoms with Crippen LogP contribution in [0.4, 0.5) is 11.4 Å². The number of benzene rings is 1. The SMILES string of the molecule is c1cc(N2CCCC2)cc(N2CCCC2)c1. The monoisotopic (exact) mass is 216 g/mol. The van der Waals surface area contributed by atoms with Gasteiger partial charge in [-0.05, 0) is 43.9 Å². The summed E-state index contributed by atoms with van der Waals surface area (Å²) in [4.78, 5) is 5.03. The lowest BCUT2D eigenvalue weighted by molar-refractivity contribution is 0.949. The third-order valence-electron chi connectivity index (χ3n) is 3.77. The van der Waals surface area contributed by atoms with Gasteiger partial charge in [-0.15, -0.1) is 0 Å². The molecule has 0 radical (unpaired) electrons. The Hall–Kier alpha value is -1.18. The van der Waals surface area contributed by atoms with Gasteiger partial charge in [0.1, 0.15) is 0 Å². The third-order valence-corrected chi connectivity index (χ3v) is 3.77. The molecule has 0 unspecified atom stereocenters. The maximum atomic E-state index is 2.51. The van der Waals surface area contributed by atoms with E-state index in [1.165, 1.54) is 63.2 Å². The van der Waals surface area contributed by atoms with Crippen LogP contribution >= 0.6 is 0 Å². The lowest BCUT2D eigenvalue weighted by atomic mass is 10.2. The molecule has 2 aliphatic heterocycles. The van der Waals surface area contributed by atoms with Crippen LogP contribution in [-0.2, 0) is 0 Å². The molecule has 0 saturated carbocycles. The molecule has 2 heteroatoms. The van der Waals surface area contributed by atoms with E-state index in [2.05, 4.69) is 34.1 Å². The van der Waals surface area contributed by atoms with Crippen molar-refractivity contribution >= 4 is 11.4 Å².